The molecule has 0 fully saturated rings. The van der Waals surface area contributed by atoms with Crippen LogP contribution in [0.15, 0.2) is 12.2 Å². The van der Waals surface area contributed by atoms with Crippen molar-refractivity contribution in [3.63, 3.8) is 0 Å². The molecule has 1 heteroatoms. The van der Waals surface area contributed by atoms with Crippen LogP contribution in [0.2, 0.25) is 0 Å². The van der Waals surface area contributed by atoms with E-state index in [1.165, 1.54) is 5.57 Å². The molecule has 0 saturated heterocycles. The predicted molar refractivity (Wildman–Crippen MR) is 56.1 cm³/mol. The average Bonchev–Trinajstić information content (AvgIpc) is 1.85. The summed E-state index contributed by atoms with van der Waals surface area (Å²) >= 11 is 5.21. The monoisotopic (exact) mass is 170 g/mol. The molecular weight excluding hydrogens is 152 g/mol. The fourth-order valence-electron chi connectivity index (χ4n) is 0.931. The van der Waals surface area contributed by atoms with Crippen LogP contribution in [0.1, 0.15) is 40.0 Å². The molecule has 0 aromatic carbocycles. The molecule has 0 atom stereocenters. The first-order valence-electron chi connectivity index (χ1n) is 4.24. The van der Waals surface area contributed by atoms with Crippen LogP contribution in [0.25, 0.3) is 0 Å². The number of rotatable bonds is 5. The summed E-state index contributed by atoms with van der Waals surface area (Å²) in [5, 5.41) is 0. The zero-order valence-electron chi connectivity index (χ0n) is 7.81. The standard InChI is InChI=1S/C10H18S/c1-5-9(4)7-10(11)6-8(2)3/h8H,4-7H2,1-3H3. The van der Waals surface area contributed by atoms with E-state index in [0.717, 1.165) is 24.1 Å². The Hall–Kier alpha value is -0.170. The average molecular weight is 170 g/mol. The minimum atomic E-state index is 0.687. The van der Waals surface area contributed by atoms with Gasteiger partial charge in [-0.25, -0.2) is 0 Å². The van der Waals surface area contributed by atoms with Gasteiger partial charge in [-0.2, -0.15) is 0 Å². The summed E-state index contributed by atoms with van der Waals surface area (Å²) in [6.07, 6.45) is 3.07. The van der Waals surface area contributed by atoms with Crippen LogP contribution < -0.4 is 0 Å². The van der Waals surface area contributed by atoms with E-state index in [0.29, 0.717) is 5.92 Å². The molecule has 0 bridgehead atoms. The van der Waals surface area contributed by atoms with E-state index in [2.05, 4.69) is 27.4 Å². The van der Waals surface area contributed by atoms with Gasteiger partial charge in [-0.15, -0.1) is 0 Å². The largest absolute Gasteiger partial charge is 0.0995 e. The molecule has 0 unspecified atom stereocenters. The van der Waals surface area contributed by atoms with Crippen LogP contribution in [-0.4, -0.2) is 4.86 Å². The second-order valence-corrected chi connectivity index (χ2v) is 3.99. The first-order chi connectivity index (χ1) is 5.06. The fourth-order valence-corrected chi connectivity index (χ4v) is 1.47. The Morgan fingerprint density at radius 3 is 2.36 bits per heavy atom. The molecule has 0 spiro atoms. The van der Waals surface area contributed by atoms with Crippen LogP contribution in [0.4, 0.5) is 0 Å². The van der Waals surface area contributed by atoms with Crippen LogP contribution >= 0.6 is 12.2 Å². The summed E-state index contributed by atoms with van der Waals surface area (Å²) in [5.74, 6) is 0.687. The van der Waals surface area contributed by atoms with E-state index < -0.39 is 0 Å². The molecule has 0 heterocycles. The second kappa shape index (κ2) is 5.48. The third-order valence-electron chi connectivity index (χ3n) is 1.58. The molecule has 0 nitrogen and oxygen atoms in total. The molecule has 0 radical (unpaired) electrons. The fraction of sp³-hybridized carbons (Fsp3) is 0.700. The van der Waals surface area contributed by atoms with E-state index in [-0.39, 0.29) is 0 Å². The van der Waals surface area contributed by atoms with Gasteiger partial charge in [0.15, 0.2) is 0 Å². The summed E-state index contributed by atoms with van der Waals surface area (Å²) in [6.45, 7) is 10.4. The van der Waals surface area contributed by atoms with Crippen molar-refractivity contribution in [3.8, 4) is 0 Å². The van der Waals surface area contributed by atoms with Gasteiger partial charge in [0, 0.05) is 0 Å². The third kappa shape index (κ3) is 6.24. The van der Waals surface area contributed by atoms with Crippen molar-refractivity contribution in [3.05, 3.63) is 12.2 Å². The predicted octanol–water partition coefficient (Wildman–Crippen LogP) is 3.76. The van der Waals surface area contributed by atoms with E-state index in [1.54, 1.807) is 0 Å². The highest BCUT2D eigenvalue weighted by atomic mass is 32.1. The topological polar surface area (TPSA) is 0 Å². The second-order valence-electron chi connectivity index (χ2n) is 3.42. The molecule has 0 amide bonds. The van der Waals surface area contributed by atoms with Crippen molar-refractivity contribution in [2.45, 2.75) is 40.0 Å². The normalized spacial score (nSPS) is 10.2. The van der Waals surface area contributed by atoms with Crippen LogP contribution in [0.5, 0.6) is 0 Å². The third-order valence-corrected chi connectivity index (χ3v) is 1.89. The van der Waals surface area contributed by atoms with Gasteiger partial charge < -0.3 is 0 Å². The number of thiocarbonyl (C=S) groups is 1. The first kappa shape index (κ1) is 10.8. The summed E-state index contributed by atoms with van der Waals surface area (Å²) in [6, 6.07) is 0. The van der Waals surface area contributed by atoms with Crippen LogP contribution in [0.3, 0.4) is 0 Å². The maximum Gasteiger partial charge on any atom is -0.000585 e. The highest BCUT2D eigenvalue weighted by molar-refractivity contribution is 7.80. The minimum Gasteiger partial charge on any atom is -0.0995 e. The van der Waals surface area contributed by atoms with E-state index in [1.807, 2.05) is 0 Å². The summed E-state index contributed by atoms with van der Waals surface area (Å²) in [5.41, 5.74) is 1.26. The Morgan fingerprint density at radius 2 is 2.00 bits per heavy atom. The quantitative estimate of drug-likeness (QED) is 0.447. The van der Waals surface area contributed by atoms with Crippen molar-refractivity contribution in [2.24, 2.45) is 5.92 Å². The first-order valence-corrected chi connectivity index (χ1v) is 4.65. The van der Waals surface area contributed by atoms with E-state index >= 15 is 0 Å². The molecule has 0 aliphatic rings. The van der Waals surface area contributed by atoms with Crippen molar-refractivity contribution >= 4 is 17.1 Å². The van der Waals surface area contributed by atoms with E-state index in [4.69, 9.17) is 12.2 Å². The van der Waals surface area contributed by atoms with Gasteiger partial charge in [-0.05, 0) is 30.0 Å². The van der Waals surface area contributed by atoms with Gasteiger partial charge >= 0.3 is 0 Å². The lowest BCUT2D eigenvalue weighted by atomic mass is 10.0. The number of hydrogen-bond donors (Lipinski definition) is 0. The SMILES string of the molecule is C=C(CC)CC(=S)CC(C)C. The van der Waals surface area contributed by atoms with Gasteiger partial charge in [0.05, 0.1) is 0 Å². The van der Waals surface area contributed by atoms with Crippen LogP contribution in [-0.2, 0) is 0 Å². The summed E-state index contributed by atoms with van der Waals surface area (Å²) in [4.78, 5) is 1.16. The van der Waals surface area contributed by atoms with Crippen molar-refractivity contribution in [1.82, 2.24) is 0 Å². The lowest BCUT2D eigenvalue weighted by molar-refractivity contribution is 0.683. The van der Waals surface area contributed by atoms with E-state index in [9.17, 15) is 0 Å². The van der Waals surface area contributed by atoms with Gasteiger partial charge in [0.2, 0.25) is 0 Å². The maximum atomic E-state index is 5.21. The lowest BCUT2D eigenvalue weighted by Gasteiger charge is -2.06. The van der Waals surface area contributed by atoms with Gasteiger partial charge in [-0.1, -0.05) is 45.1 Å². The van der Waals surface area contributed by atoms with Gasteiger partial charge in [-0.3, -0.25) is 0 Å². The van der Waals surface area contributed by atoms with Gasteiger partial charge in [0.25, 0.3) is 0 Å². The van der Waals surface area contributed by atoms with Crippen molar-refractivity contribution in [2.75, 3.05) is 0 Å². The Bertz CT molecular complexity index is 145. The highest BCUT2D eigenvalue weighted by Gasteiger charge is 2.01. The molecule has 0 rings (SSSR count). The smallest absolute Gasteiger partial charge is 0.000585 e. The molecule has 0 aliphatic carbocycles. The Kier molecular flexibility index (Phi) is 5.39. The summed E-state index contributed by atoms with van der Waals surface area (Å²) < 4.78 is 0. The summed E-state index contributed by atoms with van der Waals surface area (Å²) in [7, 11) is 0. The molecule has 0 saturated carbocycles. The maximum absolute atomic E-state index is 5.21. The molecule has 0 aromatic rings. The molecule has 64 valence electrons. The molecule has 0 N–H and O–H groups in total. The number of allylic oxidation sites excluding steroid dienone is 1. The highest BCUT2D eigenvalue weighted by Crippen LogP contribution is 2.10. The Labute approximate surface area is 75.7 Å². The number of hydrogen-bond acceptors (Lipinski definition) is 1. The zero-order chi connectivity index (χ0) is 8.85. The molecule has 11 heavy (non-hydrogen) atoms. The lowest BCUT2D eigenvalue weighted by Crippen LogP contribution is -2.00. The Balaban J connectivity index is 3.61. The Morgan fingerprint density at radius 1 is 1.45 bits per heavy atom. The van der Waals surface area contributed by atoms with Crippen molar-refractivity contribution < 1.29 is 0 Å². The zero-order valence-corrected chi connectivity index (χ0v) is 8.63. The van der Waals surface area contributed by atoms with Crippen LogP contribution in [0, 0.1) is 5.92 Å². The molecule has 0 aromatic heterocycles. The minimum absolute atomic E-state index is 0.687. The molecular formula is C10H18S. The van der Waals surface area contributed by atoms with Gasteiger partial charge in [0.1, 0.15) is 0 Å². The van der Waals surface area contributed by atoms with Crippen molar-refractivity contribution in [1.29, 1.82) is 0 Å². The molecule has 0 aliphatic heterocycles.